The van der Waals surface area contributed by atoms with Crippen molar-refractivity contribution >= 4 is 0 Å². The third-order valence-electron chi connectivity index (χ3n) is 4.31. The summed E-state index contributed by atoms with van der Waals surface area (Å²) >= 11 is 0. The highest BCUT2D eigenvalue weighted by Gasteiger charge is 2.33. The second kappa shape index (κ2) is 7.76. The lowest BCUT2D eigenvalue weighted by atomic mass is 9.75. The fourth-order valence-electron chi connectivity index (χ4n) is 3.01. The largest absolute Gasteiger partial charge is 0.494 e. The summed E-state index contributed by atoms with van der Waals surface area (Å²) in [5.74, 6) is 0.109. The zero-order valence-electron chi connectivity index (χ0n) is 13.1. The Hall–Kier alpha value is -1.13. The lowest BCUT2D eigenvalue weighted by molar-refractivity contribution is 0.0146. The Morgan fingerprint density at radius 3 is 2.76 bits per heavy atom. The summed E-state index contributed by atoms with van der Waals surface area (Å²) in [6.45, 7) is 5.61. The van der Waals surface area contributed by atoms with Crippen molar-refractivity contribution in [1.82, 2.24) is 5.32 Å². The molecule has 21 heavy (non-hydrogen) atoms. The number of nitrogens with one attached hydrogen (secondary N) is 1. The van der Waals surface area contributed by atoms with E-state index in [2.05, 4.69) is 12.2 Å². The van der Waals surface area contributed by atoms with Crippen molar-refractivity contribution in [1.29, 1.82) is 0 Å². The Morgan fingerprint density at radius 1 is 1.33 bits per heavy atom. The van der Waals surface area contributed by atoms with E-state index < -0.39 is 0 Å². The number of rotatable bonds is 7. The van der Waals surface area contributed by atoms with Crippen molar-refractivity contribution in [3.63, 3.8) is 0 Å². The van der Waals surface area contributed by atoms with Gasteiger partial charge in [0.25, 0.3) is 0 Å². The highest BCUT2D eigenvalue weighted by atomic mass is 19.1. The lowest BCUT2D eigenvalue weighted by Crippen LogP contribution is -2.41. The normalized spacial score (nSPS) is 17.7. The second-order valence-corrected chi connectivity index (χ2v) is 5.90. The van der Waals surface area contributed by atoms with Gasteiger partial charge in [-0.05, 0) is 49.3 Å². The first-order chi connectivity index (χ1) is 10.2. The van der Waals surface area contributed by atoms with Gasteiger partial charge >= 0.3 is 0 Å². The van der Waals surface area contributed by atoms with Crippen LogP contribution in [-0.4, -0.2) is 33.4 Å². The molecule has 0 unspecified atom stereocenters. The Bertz CT molecular complexity index is 444. The number of benzene rings is 1. The van der Waals surface area contributed by atoms with Gasteiger partial charge in [-0.15, -0.1) is 0 Å². The minimum absolute atomic E-state index is 0.0840. The number of halogens is 1. The van der Waals surface area contributed by atoms with E-state index in [0.29, 0.717) is 5.75 Å². The van der Waals surface area contributed by atoms with Gasteiger partial charge in [0.1, 0.15) is 0 Å². The fourth-order valence-corrected chi connectivity index (χ4v) is 3.01. The molecule has 1 aliphatic rings. The molecule has 1 heterocycles. The second-order valence-electron chi connectivity index (χ2n) is 5.90. The molecule has 1 aromatic carbocycles. The van der Waals surface area contributed by atoms with Gasteiger partial charge in [-0.1, -0.05) is 19.1 Å². The van der Waals surface area contributed by atoms with Crippen LogP contribution in [-0.2, 0) is 11.2 Å². The van der Waals surface area contributed by atoms with Crippen molar-refractivity contribution in [2.24, 2.45) is 5.41 Å². The zero-order chi connectivity index (χ0) is 15.1. The molecule has 0 radical (unpaired) electrons. The predicted molar refractivity (Wildman–Crippen MR) is 82.3 cm³/mol. The van der Waals surface area contributed by atoms with Crippen molar-refractivity contribution in [2.75, 3.05) is 33.4 Å². The Labute approximate surface area is 126 Å². The van der Waals surface area contributed by atoms with Crippen LogP contribution in [0.15, 0.2) is 18.2 Å². The molecule has 118 valence electrons. The zero-order valence-corrected chi connectivity index (χ0v) is 13.1. The molecule has 1 fully saturated rings. The molecular weight excluding hydrogens is 269 g/mol. The topological polar surface area (TPSA) is 30.5 Å². The summed E-state index contributed by atoms with van der Waals surface area (Å²) in [7, 11) is 1.51. The average molecular weight is 295 g/mol. The quantitative estimate of drug-likeness (QED) is 0.784. The summed E-state index contributed by atoms with van der Waals surface area (Å²) in [4.78, 5) is 0. The Kier molecular flexibility index (Phi) is 6.00. The van der Waals surface area contributed by atoms with Crippen LogP contribution >= 0.6 is 0 Å². The van der Waals surface area contributed by atoms with Crippen molar-refractivity contribution in [2.45, 2.75) is 32.6 Å². The molecule has 0 spiro atoms. The first-order valence-corrected chi connectivity index (χ1v) is 7.80. The van der Waals surface area contributed by atoms with Gasteiger partial charge in [0.05, 0.1) is 7.11 Å². The van der Waals surface area contributed by atoms with Crippen LogP contribution in [0.2, 0.25) is 0 Å². The van der Waals surface area contributed by atoms with E-state index in [1.54, 1.807) is 6.07 Å². The van der Waals surface area contributed by atoms with Crippen molar-refractivity contribution in [3.8, 4) is 5.75 Å². The molecule has 1 aliphatic heterocycles. The lowest BCUT2D eigenvalue weighted by Gasteiger charge is -2.38. The molecule has 3 nitrogen and oxygen atoms in total. The molecule has 0 saturated carbocycles. The first-order valence-electron chi connectivity index (χ1n) is 7.80. The third kappa shape index (κ3) is 4.17. The van der Waals surface area contributed by atoms with Crippen LogP contribution in [0.4, 0.5) is 4.39 Å². The third-order valence-corrected chi connectivity index (χ3v) is 4.31. The van der Waals surface area contributed by atoms with E-state index in [1.807, 2.05) is 12.1 Å². The highest BCUT2D eigenvalue weighted by Crippen LogP contribution is 2.35. The number of methoxy groups -OCH3 is 1. The molecule has 0 atom stereocenters. The van der Waals surface area contributed by atoms with E-state index in [-0.39, 0.29) is 11.2 Å². The highest BCUT2D eigenvalue weighted by molar-refractivity contribution is 5.31. The molecule has 0 amide bonds. The smallest absolute Gasteiger partial charge is 0.168 e. The molecule has 1 aromatic rings. The first kappa shape index (κ1) is 16.2. The number of hydrogen-bond donors (Lipinski definition) is 1. The fraction of sp³-hybridized carbons (Fsp3) is 0.647. The van der Waals surface area contributed by atoms with Crippen LogP contribution in [0.25, 0.3) is 0 Å². The van der Waals surface area contributed by atoms with Gasteiger partial charge < -0.3 is 14.8 Å². The van der Waals surface area contributed by atoms with E-state index in [1.165, 1.54) is 7.11 Å². The number of ether oxygens (including phenoxy) is 2. The van der Waals surface area contributed by atoms with Crippen molar-refractivity contribution < 1.29 is 13.9 Å². The summed E-state index contributed by atoms with van der Waals surface area (Å²) in [6, 6.07) is 5.41. The standard InChI is InChI=1S/C17H26FNO2/c1-3-9-19-13-17(7-10-21-11-8-17)12-14-5-4-6-15(20-2)16(14)18/h4-6,19H,3,7-13H2,1-2H3. The van der Waals surface area contributed by atoms with Crippen LogP contribution in [0.5, 0.6) is 5.75 Å². The van der Waals surface area contributed by atoms with Gasteiger partial charge in [0.2, 0.25) is 0 Å². The average Bonchev–Trinajstić information content (AvgIpc) is 2.51. The Balaban J connectivity index is 2.14. The van der Waals surface area contributed by atoms with E-state index in [0.717, 1.165) is 57.6 Å². The molecule has 1 N–H and O–H groups in total. The molecule has 4 heteroatoms. The van der Waals surface area contributed by atoms with Gasteiger partial charge in [-0.3, -0.25) is 0 Å². The maximum absolute atomic E-state index is 14.4. The molecular formula is C17H26FNO2. The van der Waals surface area contributed by atoms with Gasteiger partial charge in [-0.25, -0.2) is 4.39 Å². The van der Waals surface area contributed by atoms with Gasteiger partial charge in [0, 0.05) is 19.8 Å². The molecule has 0 bridgehead atoms. The minimum Gasteiger partial charge on any atom is -0.494 e. The minimum atomic E-state index is -0.221. The van der Waals surface area contributed by atoms with Crippen LogP contribution in [0, 0.1) is 11.2 Å². The summed E-state index contributed by atoms with van der Waals surface area (Å²) < 4.78 is 25.0. The van der Waals surface area contributed by atoms with E-state index in [4.69, 9.17) is 9.47 Å². The Morgan fingerprint density at radius 2 is 2.10 bits per heavy atom. The molecule has 2 rings (SSSR count). The molecule has 0 aromatic heterocycles. The van der Waals surface area contributed by atoms with Crippen LogP contribution in [0.3, 0.4) is 0 Å². The van der Waals surface area contributed by atoms with Gasteiger partial charge in [-0.2, -0.15) is 0 Å². The molecule has 1 saturated heterocycles. The maximum Gasteiger partial charge on any atom is 0.168 e. The van der Waals surface area contributed by atoms with E-state index in [9.17, 15) is 4.39 Å². The summed E-state index contributed by atoms with van der Waals surface area (Å²) in [6.07, 6.45) is 3.79. The van der Waals surface area contributed by atoms with Crippen LogP contribution < -0.4 is 10.1 Å². The van der Waals surface area contributed by atoms with Gasteiger partial charge in [0.15, 0.2) is 11.6 Å². The summed E-state index contributed by atoms with van der Waals surface area (Å²) in [5, 5.41) is 3.50. The summed E-state index contributed by atoms with van der Waals surface area (Å²) in [5.41, 5.74) is 0.829. The number of hydrogen-bond acceptors (Lipinski definition) is 3. The predicted octanol–water partition coefficient (Wildman–Crippen LogP) is 3.17. The van der Waals surface area contributed by atoms with E-state index >= 15 is 0 Å². The maximum atomic E-state index is 14.4. The molecule has 0 aliphatic carbocycles. The van der Waals surface area contributed by atoms with Crippen molar-refractivity contribution in [3.05, 3.63) is 29.6 Å². The monoisotopic (exact) mass is 295 g/mol. The van der Waals surface area contributed by atoms with Crippen LogP contribution in [0.1, 0.15) is 31.7 Å². The SMILES string of the molecule is CCCNCC1(Cc2cccc(OC)c2F)CCOCC1.